The molecule has 0 N–H and O–H groups in total. The van der Waals surface area contributed by atoms with E-state index in [1.165, 1.54) is 17.7 Å². The smallest absolute Gasteiger partial charge is 0.123 e. The molecule has 130 valence electrons. The van der Waals surface area contributed by atoms with Crippen molar-refractivity contribution in [2.45, 2.75) is 24.9 Å². The Balaban J connectivity index is 2.06. The highest BCUT2D eigenvalue weighted by molar-refractivity contribution is 5.48. The predicted octanol–water partition coefficient (Wildman–Crippen LogP) is 3.86. The lowest BCUT2D eigenvalue weighted by atomic mass is 9.69. The Hall–Kier alpha value is -2.22. The van der Waals surface area contributed by atoms with Crippen molar-refractivity contribution in [1.82, 2.24) is 4.90 Å². The van der Waals surface area contributed by atoms with Crippen molar-refractivity contribution in [3.05, 3.63) is 70.5 Å². The third kappa shape index (κ3) is 3.58. The standard InChI is InChI=1S/C21H23FN2O/c1-24(2)11-3-10-21(18-5-7-19(22)8-6-18)15-25-14-17-12-16(13-23)4-9-20(17)21/h4-9,12H,3,10-11,14-15H2,1-2H3. The highest BCUT2D eigenvalue weighted by Crippen LogP contribution is 2.42. The summed E-state index contributed by atoms with van der Waals surface area (Å²) in [6.07, 6.45) is 1.92. The van der Waals surface area contributed by atoms with Crippen LogP contribution in [0.2, 0.25) is 0 Å². The highest BCUT2D eigenvalue weighted by atomic mass is 19.1. The molecule has 0 saturated heterocycles. The fraction of sp³-hybridized carbons (Fsp3) is 0.381. The van der Waals surface area contributed by atoms with Gasteiger partial charge in [-0.25, -0.2) is 4.39 Å². The van der Waals surface area contributed by atoms with E-state index < -0.39 is 0 Å². The molecule has 0 radical (unpaired) electrons. The summed E-state index contributed by atoms with van der Waals surface area (Å²) in [6, 6.07) is 14.8. The molecule has 1 unspecified atom stereocenters. The van der Waals surface area contributed by atoms with Gasteiger partial charge in [0.25, 0.3) is 0 Å². The van der Waals surface area contributed by atoms with Crippen molar-refractivity contribution in [3.8, 4) is 6.07 Å². The van der Waals surface area contributed by atoms with Crippen LogP contribution >= 0.6 is 0 Å². The van der Waals surface area contributed by atoms with E-state index >= 15 is 0 Å². The van der Waals surface area contributed by atoms with E-state index in [2.05, 4.69) is 31.1 Å². The summed E-state index contributed by atoms with van der Waals surface area (Å²) in [7, 11) is 4.13. The molecule has 2 aromatic carbocycles. The van der Waals surface area contributed by atoms with Crippen LogP contribution in [0.5, 0.6) is 0 Å². The summed E-state index contributed by atoms with van der Waals surface area (Å²) in [4.78, 5) is 2.17. The fourth-order valence-corrected chi connectivity index (χ4v) is 3.72. The van der Waals surface area contributed by atoms with Gasteiger partial charge in [0.2, 0.25) is 0 Å². The first-order valence-corrected chi connectivity index (χ1v) is 8.57. The van der Waals surface area contributed by atoms with Crippen LogP contribution in [-0.2, 0) is 16.8 Å². The topological polar surface area (TPSA) is 36.3 Å². The maximum Gasteiger partial charge on any atom is 0.123 e. The van der Waals surface area contributed by atoms with Gasteiger partial charge in [-0.1, -0.05) is 18.2 Å². The number of hydrogen-bond acceptors (Lipinski definition) is 3. The van der Waals surface area contributed by atoms with E-state index in [0.717, 1.165) is 30.5 Å². The normalized spacial score (nSPS) is 19.5. The second kappa shape index (κ2) is 7.35. The van der Waals surface area contributed by atoms with E-state index in [-0.39, 0.29) is 11.2 Å². The molecule has 4 heteroatoms. The molecule has 0 amide bonds. The summed E-state index contributed by atoms with van der Waals surface area (Å²) in [5.74, 6) is -0.232. The highest BCUT2D eigenvalue weighted by Gasteiger charge is 2.38. The zero-order valence-electron chi connectivity index (χ0n) is 14.8. The predicted molar refractivity (Wildman–Crippen MR) is 95.8 cm³/mol. The van der Waals surface area contributed by atoms with Crippen molar-refractivity contribution in [2.75, 3.05) is 27.2 Å². The summed E-state index contributed by atoms with van der Waals surface area (Å²) >= 11 is 0. The Morgan fingerprint density at radius 3 is 2.64 bits per heavy atom. The summed E-state index contributed by atoms with van der Waals surface area (Å²) < 4.78 is 19.4. The Morgan fingerprint density at radius 1 is 1.20 bits per heavy atom. The largest absolute Gasteiger partial charge is 0.375 e. The number of ether oxygens (including phenoxy) is 1. The van der Waals surface area contributed by atoms with E-state index in [4.69, 9.17) is 4.74 Å². The van der Waals surface area contributed by atoms with E-state index in [1.54, 1.807) is 0 Å². The van der Waals surface area contributed by atoms with Crippen LogP contribution in [0.15, 0.2) is 42.5 Å². The lowest BCUT2D eigenvalue weighted by molar-refractivity contribution is 0.0605. The van der Waals surface area contributed by atoms with Gasteiger partial charge in [0.1, 0.15) is 5.82 Å². The molecular formula is C21H23FN2O. The van der Waals surface area contributed by atoms with Crippen molar-refractivity contribution >= 4 is 0 Å². The summed E-state index contributed by atoms with van der Waals surface area (Å²) in [5.41, 5.74) is 3.66. The molecule has 3 rings (SSSR count). The van der Waals surface area contributed by atoms with Gasteiger partial charge in [0.15, 0.2) is 0 Å². The molecule has 0 aromatic heterocycles. The molecule has 0 aliphatic carbocycles. The summed E-state index contributed by atoms with van der Waals surface area (Å²) in [5, 5.41) is 9.18. The van der Waals surface area contributed by atoms with Gasteiger partial charge in [-0.3, -0.25) is 0 Å². The van der Waals surface area contributed by atoms with Crippen LogP contribution in [0.3, 0.4) is 0 Å². The monoisotopic (exact) mass is 338 g/mol. The van der Waals surface area contributed by atoms with Gasteiger partial charge < -0.3 is 9.64 Å². The second-order valence-corrected chi connectivity index (χ2v) is 6.97. The number of halogens is 1. The first kappa shape index (κ1) is 17.6. The number of nitriles is 1. The van der Waals surface area contributed by atoms with E-state index in [9.17, 15) is 9.65 Å². The fourth-order valence-electron chi connectivity index (χ4n) is 3.72. The van der Waals surface area contributed by atoms with Gasteiger partial charge >= 0.3 is 0 Å². The van der Waals surface area contributed by atoms with Crippen LogP contribution in [0.1, 0.15) is 35.1 Å². The minimum atomic E-state index is -0.300. The van der Waals surface area contributed by atoms with Gasteiger partial charge in [-0.15, -0.1) is 0 Å². The van der Waals surface area contributed by atoms with E-state index in [0.29, 0.717) is 18.8 Å². The molecule has 0 bridgehead atoms. The summed E-state index contributed by atoms with van der Waals surface area (Å²) in [6.45, 7) is 2.07. The molecule has 0 spiro atoms. The maximum atomic E-state index is 13.5. The molecular weight excluding hydrogens is 315 g/mol. The van der Waals surface area contributed by atoms with Crippen molar-refractivity contribution in [3.63, 3.8) is 0 Å². The number of rotatable bonds is 5. The molecule has 1 atom stereocenters. The van der Waals surface area contributed by atoms with Crippen molar-refractivity contribution in [2.24, 2.45) is 0 Å². The number of nitrogens with zero attached hydrogens (tertiary/aromatic N) is 2. The zero-order chi connectivity index (χ0) is 17.9. The molecule has 3 nitrogen and oxygen atoms in total. The van der Waals surface area contributed by atoms with Gasteiger partial charge in [0, 0.05) is 5.41 Å². The Labute approximate surface area is 148 Å². The Kier molecular flexibility index (Phi) is 5.17. The minimum Gasteiger partial charge on any atom is -0.375 e. The number of hydrogen-bond donors (Lipinski definition) is 0. The average Bonchev–Trinajstić information content (AvgIpc) is 2.61. The third-order valence-electron chi connectivity index (χ3n) is 4.96. The Morgan fingerprint density at radius 2 is 1.96 bits per heavy atom. The first-order valence-electron chi connectivity index (χ1n) is 8.57. The van der Waals surface area contributed by atoms with E-state index in [1.807, 2.05) is 24.3 Å². The number of benzene rings is 2. The van der Waals surface area contributed by atoms with Crippen LogP contribution in [-0.4, -0.2) is 32.1 Å². The van der Waals surface area contributed by atoms with Crippen LogP contribution in [0.25, 0.3) is 0 Å². The molecule has 0 saturated carbocycles. The maximum absolute atomic E-state index is 13.5. The third-order valence-corrected chi connectivity index (χ3v) is 4.96. The van der Waals surface area contributed by atoms with Crippen LogP contribution in [0.4, 0.5) is 4.39 Å². The Bertz CT molecular complexity index is 779. The van der Waals surface area contributed by atoms with Gasteiger partial charge in [0.05, 0.1) is 24.8 Å². The zero-order valence-corrected chi connectivity index (χ0v) is 14.8. The van der Waals surface area contributed by atoms with Gasteiger partial charge in [-0.05, 0) is 74.4 Å². The molecule has 2 aromatic rings. The number of fused-ring (bicyclic) bond motifs is 1. The molecule has 1 heterocycles. The average molecular weight is 338 g/mol. The minimum absolute atomic E-state index is 0.232. The van der Waals surface area contributed by atoms with Crippen LogP contribution < -0.4 is 0 Å². The first-order chi connectivity index (χ1) is 12.0. The lowest BCUT2D eigenvalue weighted by Crippen LogP contribution is -2.38. The van der Waals surface area contributed by atoms with Crippen molar-refractivity contribution < 1.29 is 9.13 Å². The molecule has 0 fully saturated rings. The second-order valence-electron chi connectivity index (χ2n) is 6.97. The molecule has 25 heavy (non-hydrogen) atoms. The molecule has 1 aliphatic heterocycles. The SMILES string of the molecule is CN(C)CCCC1(c2ccc(F)cc2)COCc2cc(C#N)ccc21. The quantitative estimate of drug-likeness (QED) is 0.831. The lowest BCUT2D eigenvalue weighted by Gasteiger charge is -2.40. The molecule has 1 aliphatic rings. The van der Waals surface area contributed by atoms with Crippen LogP contribution in [0, 0.1) is 17.1 Å². The van der Waals surface area contributed by atoms with Gasteiger partial charge in [-0.2, -0.15) is 5.26 Å². The van der Waals surface area contributed by atoms with Crippen molar-refractivity contribution in [1.29, 1.82) is 5.26 Å².